The third kappa shape index (κ3) is 2.92. The molecule has 1 unspecified atom stereocenters. The highest BCUT2D eigenvalue weighted by Crippen LogP contribution is 2.25. The van der Waals surface area contributed by atoms with Gasteiger partial charge in [-0.15, -0.1) is 11.8 Å². The van der Waals surface area contributed by atoms with Gasteiger partial charge in [-0.2, -0.15) is 0 Å². The van der Waals surface area contributed by atoms with Gasteiger partial charge in [0.2, 0.25) is 5.91 Å². The van der Waals surface area contributed by atoms with Crippen LogP contribution in [-0.2, 0) is 11.3 Å². The second-order valence-electron chi connectivity index (χ2n) is 4.77. The van der Waals surface area contributed by atoms with Crippen LogP contribution in [-0.4, -0.2) is 26.9 Å². The Kier molecular flexibility index (Phi) is 3.73. The molecule has 1 aliphatic rings. The number of nitrogens with zero attached hydrogens (tertiary/aromatic N) is 1. The normalized spacial score (nSPS) is 19.5. The van der Waals surface area contributed by atoms with Crippen molar-refractivity contribution in [1.29, 1.82) is 0 Å². The van der Waals surface area contributed by atoms with Gasteiger partial charge in [-0.1, -0.05) is 18.6 Å². The number of hydrogen-bond acceptors (Lipinski definition) is 3. The van der Waals surface area contributed by atoms with Gasteiger partial charge < -0.3 is 10.3 Å². The van der Waals surface area contributed by atoms with E-state index in [0.29, 0.717) is 6.54 Å². The molecule has 100 valence electrons. The van der Waals surface area contributed by atoms with E-state index in [9.17, 15) is 4.79 Å². The zero-order chi connectivity index (χ0) is 13.1. The summed E-state index contributed by atoms with van der Waals surface area (Å²) < 4.78 is 0. The van der Waals surface area contributed by atoms with Gasteiger partial charge >= 0.3 is 0 Å². The molecule has 2 heterocycles. The fourth-order valence-electron chi connectivity index (χ4n) is 2.32. The molecule has 1 fully saturated rings. The monoisotopic (exact) mass is 275 g/mol. The number of aromatic nitrogens is 2. The van der Waals surface area contributed by atoms with Crippen molar-refractivity contribution in [2.45, 2.75) is 31.1 Å². The van der Waals surface area contributed by atoms with Crippen LogP contribution in [0, 0.1) is 0 Å². The Bertz CT molecular complexity index is 542. The molecule has 0 bridgehead atoms. The van der Waals surface area contributed by atoms with Crippen molar-refractivity contribution in [3.63, 3.8) is 0 Å². The molecule has 19 heavy (non-hydrogen) atoms. The highest BCUT2D eigenvalue weighted by molar-refractivity contribution is 8.00. The van der Waals surface area contributed by atoms with Gasteiger partial charge in [-0.25, -0.2) is 4.98 Å². The maximum atomic E-state index is 12.0. The van der Waals surface area contributed by atoms with Gasteiger partial charge in [0.25, 0.3) is 0 Å². The van der Waals surface area contributed by atoms with Gasteiger partial charge in [0.1, 0.15) is 5.82 Å². The summed E-state index contributed by atoms with van der Waals surface area (Å²) in [6.07, 6.45) is 3.39. The molecule has 1 aliphatic heterocycles. The van der Waals surface area contributed by atoms with E-state index in [2.05, 4.69) is 15.3 Å². The number of carbonyl (C=O) groups excluding carboxylic acids is 1. The maximum absolute atomic E-state index is 12.0. The second-order valence-corrected chi connectivity index (χ2v) is 6.08. The lowest BCUT2D eigenvalue weighted by molar-refractivity contribution is -0.120. The van der Waals surface area contributed by atoms with Crippen LogP contribution in [0.3, 0.4) is 0 Å². The number of para-hydroxylation sites is 2. The van der Waals surface area contributed by atoms with E-state index >= 15 is 0 Å². The molecule has 2 aromatic rings. The summed E-state index contributed by atoms with van der Waals surface area (Å²) in [5, 5.41) is 3.10. The van der Waals surface area contributed by atoms with Crippen LogP contribution in [0.1, 0.15) is 25.1 Å². The minimum Gasteiger partial charge on any atom is -0.348 e. The van der Waals surface area contributed by atoms with Crippen LogP contribution in [0.4, 0.5) is 0 Å². The van der Waals surface area contributed by atoms with Gasteiger partial charge in [0.15, 0.2) is 0 Å². The quantitative estimate of drug-likeness (QED) is 0.904. The van der Waals surface area contributed by atoms with Crippen molar-refractivity contribution in [3.05, 3.63) is 30.1 Å². The number of aromatic amines is 1. The molecule has 5 heteroatoms. The molecule has 1 saturated heterocycles. The number of imidazole rings is 1. The molecular weight excluding hydrogens is 258 g/mol. The summed E-state index contributed by atoms with van der Waals surface area (Å²) in [6.45, 7) is 0.477. The predicted octanol–water partition coefficient (Wildman–Crippen LogP) is 2.46. The van der Waals surface area contributed by atoms with Crippen LogP contribution < -0.4 is 5.32 Å². The lowest BCUT2D eigenvalue weighted by Gasteiger charge is -2.20. The van der Waals surface area contributed by atoms with E-state index in [-0.39, 0.29) is 11.2 Å². The molecule has 2 N–H and O–H groups in total. The maximum Gasteiger partial charge on any atom is 0.233 e. The van der Waals surface area contributed by atoms with Crippen molar-refractivity contribution < 1.29 is 4.79 Å². The van der Waals surface area contributed by atoms with E-state index in [0.717, 1.165) is 35.5 Å². The summed E-state index contributed by atoms with van der Waals surface area (Å²) in [6, 6.07) is 7.89. The molecular formula is C14H17N3OS. The molecule has 0 spiro atoms. The van der Waals surface area contributed by atoms with Crippen molar-refractivity contribution in [1.82, 2.24) is 15.3 Å². The van der Waals surface area contributed by atoms with Gasteiger partial charge in [-0.05, 0) is 30.7 Å². The number of H-pyrrole nitrogens is 1. The smallest absolute Gasteiger partial charge is 0.233 e. The average Bonchev–Trinajstić information content (AvgIpc) is 2.88. The fraction of sp³-hybridized carbons (Fsp3) is 0.429. The first kappa shape index (κ1) is 12.5. The lowest BCUT2D eigenvalue weighted by atomic mass is 10.2. The van der Waals surface area contributed by atoms with Crippen LogP contribution in [0.15, 0.2) is 24.3 Å². The first-order valence-corrected chi connectivity index (χ1v) is 7.71. The Morgan fingerprint density at radius 3 is 3.11 bits per heavy atom. The molecule has 0 radical (unpaired) electrons. The van der Waals surface area contributed by atoms with E-state index in [1.54, 1.807) is 11.8 Å². The minimum absolute atomic E-state index is 0.123. The first-order valence-electron chi connectivity index (χ1n) is 6.66. The zero-order valence-electron chi connectivity index (χ0n) is 10.7. The number of carbonyl (C=O) groups is 1. The van der Waals surface area contributed by atoms with E-state index in [1.165, 1.54) is 6.42 Å². The molecule has 4 nitrogen and oxygen atoms in total. The van der Waals surface area contributed by atoms with Crippen molar-refractivity contribution >= 4 is 28.7 Å². The van der Waals surface area contributed by atoms with Crippen molar-refractivity contribution in [3.8, 4) is 0 Å². The molecule has 3 rings (SSSR count). The Hall–Kier alpha value is -1.49. The predicted molar refractivity (Wildman–Crippen MR) is 78.0 cm³/mol. The number of hydrogen-bond donors (Lipinski definition) is 2. The first-order chi connectivity index (χ1) is 9.33. The SMILES string of the molecule is O=C(NCc1nc2ccccc2[nH]1)C1CCCCS1. The van der Waals surface area contributed by atoms with Crippen molar-refractivity contribution in [2.75, 3.05) is 5.75 Å². The topological polar surface area (TPSA) is 57.8 Å². The molecule has 0 saturated carbocycles. The number of fused-ring (bicyclic) bond motifs is 1. The average molecular weight is 275 g/mol. The third-order valence-corrected chi connectivity index (χ3v) is 4.72. The standard InChI is InChI=1S/C14H17N3OS/c18-14(12-7-3-4-8-19-12)15-9-13-16-10-5-1-2-6-11(10)17-13/h1-2,5-6,12H,3-4,7-9H2,(H,15,18)(H,16,17). The number of benzene rings is 1. The highest BCUT2D eigenvalue weighted by Gasteiger charge is 2.21. The number of rotatable bonds is 3. The third-order valence-electron chi connectivity index (χ3n) is 3.34. The van der Waals surface area contributed by atoms with Crippen LogP contribution >= 0.6 is 11.8 Å². The Morgan fingerprint density at radius 1 is 1.42 bits per heavy atom. The number of amides is 1. The Labute approximate surface area is 116 Å². The summed E-state index contributed by atoms with van der Waals surface area (Å²) in [4.78, 5) is 19.7. The van der Waals surface area contributed by atoms with E-state index in [1.807, 2.05) is 24.3 Å². The summed E-state index contributed by atoms with van der Waals surface area (Å²) in [5.41, 5.74) is 1.96. The highest BCUT2D eigenvalue weighted by atomic mass is 32.2. The molecule has 1 amide bonds. The molecule has 1 atom stereocenters. The van der Waals surface area contributed by atoms with E-state index in [4.69, 9.17) is 0 Å². The fourth-order valence-corrected chi connectivity index (χ4v) is 3.54. The Balaban J connectivity index is 1.60. The molecule has 1 aromatic carbocycles. The van der Waals surface area contributed by atoms with Gasteiger partial charge in [0, 0.05) is 0 Å². The summed E-state index contributed by atoms with van der Waals surface area (Å²) >= 11 is 1.77. The van der Waals surface area contributed by atoms with E-state index < -0.39 is 0 Å². The lowest BCUT2D eigenvalue weighted by Crippen LogP contribution is -2.34. The summed E-state index contributed by atoms with van der Waals surface area (Å²) in [5.74, 6) is 2.06. The number of nitrogens with one attached hydrogen (secondary N) is 2. The second kappa shape index (κ2) is 5.65. The van der Waals surface area contributed by atoms with Crippen LogP contribution in [0.2, 0.25) is 0 Å². The van der Waals surface area contributed by atoms with Gasteiger partial charge in [-0.3, -0.25) is 4.79 Å². The summed E-state index contributed by atoms with van der Waals surface area (Å²) in [7, 11) is 0. The van der Waals surface area contributed by atoms with Crippen molar-refractivity contribution in [2.24, 2.45) is 0 Å². The van der Waals surface area contributed by atoms with Gasteiger partial charge in [0.05, 0.1) is 22.8 Å². The molecule has 0 aliphatic carbocycles. The largest absolute Gasteiger partial charge is 0.348 e. The van der Waals surface area contributed by atoms with Crippen LogP contribution in [0.5, 0.6) is 0 Å². The Morgan fingerprint density at radius 2 is 2.32 bits per heavy atom. The zero-order valence-corrected chi connectivity index (χ0v) is 11.5. The van der Waals surface area contributed by atoms with Crippen LogP contribution in [0.25, 0.3) is 11.0 Å². The molecule has 1 aromatic heterocycles. The number of thioether (sulfide) groups is 1. The minimum atomic E-state index is 0.123.